The molecule has 0 bridgehead atoms. The van der Waals surface area contributed by atoms with Gasteiger partial charge in [-0.3, -0.25) is 0 Å². The zero-order chi connectivity index (χ0) is 11.5. The third kappa shape index (κ3) is 2.49. The highest BCUT2D eigenvalue weighted by Gasteiger charge is 2.30. The fourth-order valence-corrected chi connectivity index (χ4v) is 2.17. The molecule has 1 aromatic rings. The van der Waals surface area contributed by atoms with Crippen LogP contribution in [0.15, 0.2) is 18.2 Å². The van der Waals surface area contributed by atoms with E-state index in [9.17, 15) is 0 Å². The fraction of sp³-hybridized carbons (Fsp3) is 0.571. The number of nitrogens with one attached hydrogen (secondary N) is 1. The summed E-state index contributed by atoms with van der Waals surface area (Å²) in [5, 5.41) is 3.61. The highest BCUT2D eigenvalue weighted by molar-refractivity contribution is 5.58. The van der Waals surface area contributed by atoms with E-state index in [0.717, 1.165) is 17.4 Å². The van der Waals surface area contributed by atoms with E-state index in [2.05, 4.69) is 37.4 Å². The van der Waals surface area contributed by atoms with Crippen LogP contribution in [-0.2, 0) is 0 Å². The molecule has 88 valence electrons. The SMILES string of the molecule is CCC(Nc1ccc(C)cc1OC)C1CC1. The molecule has 2 rings (SSSR count). The van der Waals surface area contributed by atoms with Crippen LogP contribution in [0, 0.1) is 12.8 Å². The summed E-state index contributed by atoms with van der Waals surface area (Å²) in [4.78, 5) is 0. The van der Waals surface area contributed by atoms with Gasteiger partial charge in [0, 0.05) is 6.04 Å². The highest BCUT2D eigenvalue weighted by Crippen LogP contribution is 2.37. The molecule has 2 nitrogen and oxygen atoms in total. The van der Waals surface area contributed by atoms with Gasteiger partial charge in [0.15, 0.2) is 0 Å². The van der Waals surface area contributed by atoms with Gasteiger partial charge in [-0.15, -0.1) is 0 Å². The molecule has 0 heterocycles. The minimum Gasteiger partial charge on any atom is -0.495 e. The van der Waals surface area contributed by atoms with Gasteiger partial charge in [-0.25, -0.2) is 0 Å². The number of benzene rings is 1. The molecular formula is C14H21NO. The second kappa shape index (κ2) is 4.77. The quantitative estimate of drug-likeness (QED) is 0.817. The molecule has 1 unspecified atom stereocenters. The van der Waals surface area contributed by atoms with Crippen LogP contribution in [0.1, 0.15) is 31.7 Å². The smallest absolute Gasteiger partial charge is 0.142 e. The van der Waals surface area contributed by atoms with Crippen molar-refractivity contribution in [3.63, 3.8) is 0 Å². The molecule has 1 aliphatic rings. The third-order valence-corrected chi connectivity index (χ3v) is 3.33. The van der Waals surface area contributed by atoms with Crippen LogP contribution >= 0.6 is 0 Å². The van der Waals surface area contributed by atoms with Crippen LogP contribution in [0.5, 0.6) is 5.75 Å². The zero-order valence-corrected chi connectivity index (χ0v) is 10.4. The number of anilines is 1. The summed E-state index contributed by atoms with van der Waals surface area (Å²) in [6.45, 7) is 4.33. The van der Waals surface area contributed by atoms with Crippen molar-refractivity contribution in [3.8, 4) is 5.75 Å². The lowest BCUT2D eigenvalue weighted by Gasteiger charge is -2.19. The molecule has 1 aromatic carbocycles. The van der Waals surface area contributed by atoms with Crippen molar-refractivity contribution in [3.05, 3.63) is 23.8 Å². The monoisotopic (exact) mass is 219 g/mol. The van der Waals surface area contributed by atoms with Crippen molar-refractivity contribution >= 4 is 5.69 Å². The molecular weight excluding hydrogens is 198 g/mol. The van der Waals surface area contributed by atoms with Crippen molar-refractivity contribution in [2.75, 3.05) is 12.4 Å². The van der Waals surface area contributed by atoms with E-state index >= 15 is 0 Å². The minimum atomic E-state index is 0.608. The lowest BCUT2D eigenvalue weighted by atomic mass is 10.1. The van der Waals surface area contributed by atoms with Gasteiger partial charge in [0.2, 0.25) is 0 Å². The number of aryl methyl sites for hydroxylation is 1. The van der Waals surface area contributed by atoms with Gasteiger partial charge in [0.25, 0.3) is 0 Å². The molecule has 0 spiro atoms. The number of ether oxygens (including phenoxy) is 1. The van der Waals surface area contributed by atoms with Crippen LogP contribution in [0.25, 0.3) is 0 Å². The maximum atomic E-state index is 5.41. The molecule has 0 aromatic heterocycles. The van der Waals surface area contributed by atoms with Crippen molar-refractivity contribution < 1.29 is 4.74 Å². The minimum absolute atomic E-state index is 0.608. The van der Waals surface area contributed by atoms with E-state index in [-0.39, 0.29) is 0 Å². The molecule has 16 heavy (non-hydrogen) atoms. The van der Waals surface area contributed by atoms with Crippen molar-refractivity contribution in [2.45, 2.75) is 39.2 Å². The standard InChI is InChI=1S/C14H21NO/c1-4-12(11-6-7-11)15-13-8-5-10(2)9-14(13)16-3/h5,8-9,11-12,15H,4,6-7H2,1-3H3. The molecule has 1 N–H and O–H groups in total. The predicted molar refractivity (Wildman–Crippen MR) is 68.2 cm³/mol. The molecule has 0 saturated heterocycles. The van der Waals surface area contributed by atoms with E-state index in [1.54, 1.807) is 7.11 Å². The Labute approximate surface area is 98.0 Å². The zero-order valence-electron chi connectivity index (χ0n) is 10.4. The molecule has 0 radical (unpaired) electrons. The van der Waals surface area contributed by atoms with Crippen LogP contribution in [0.2, 0.25) is 0 Å². The Bertz CT molecular complexity index is 358. The van der Waals surface area contributed by atoms with Gasteiger partial charge in [0.05, 0.1) is 12.8 Å². The van der Waals surface area contributed by atoms with E-state index < -0.39 is 0 Å². The first-order valence-corrected chi connectivity index (χ1v) is 6.15. The molecule has 1 saturated carbocycles. The Kier molecular flexibility index (Phi) is 3.37. The highest BCUT2D eigenvalue weighted by atomic mass is 16.5. The van der Waals surface area contributed by atoms with E-state index in [0.29, 0.717) is 6.04 Å². The molecule has 0 amide bonds. The molecule has 1 atom stereocenters. The number of methoxy groups -OCH3 is 1. The maximum absolute atomic E-state index is 5.41. The second-order valence-electron chi connectivity index (χ2n) is 4.70. The number of hydrogen-bond acceptors (Lipinski definition) is 2. The van der Waals surface area contributed by atoms with Crippen LogP contribution in [-0.4, -0.2) is 13.2 Å². The number of hydrogen-bond donors (Lipinski definition) is 1. The molecule has 2 heteroatoms. The Balaban J connectivity index is 2.12. The van der Waals surface area contributed by atoms with Crippen LogP contribution < -0.4 is 10.1 Å². The number of rotatable bonds is 5. The first-order chi connectivity index (χ1) is 7.74. The van der Waals surface area contributed by atoms with Crippen molar-refractivity contribution in [1.29, 1.82) is 0 Å². The first kappa shape index (κ1) is 11.3. The molecule has 1 aliphatic carbocycles. The van der Waals surface area contributed by atoms with E-state index in [1.807, 2.05) is 0 Å². The van der Waals surface area contributed by atoms with Crippen LogP contribution in [0.3, 0.4) is 0 Å². The summed E-state index contributed by atoms with van der Waals surface area (Å²) in [6, 6.07) is 6.95. The van der Waals surface area contributed by atoms with Crippen LogP contribution in [0.4, 0.5) is 5.69 Å². The topological polar surface area (TPSA) is 21.3 Å². The van der Waals surface area contributed by atoms with Gasteiger partial charge < -0.3 is 10.1 Å². The van der Waals surface area contributed by atoms with Gasteiger partial charge in [0.1, 0.15) is 5.75 Å². The van der Waals surface area contributed by atoms with E-state index in [4.69, 9.17) is 4.74 Å². The first-order valence-electron chi connectivity index (χ1n) is 6.15. The Morgan fingerprint density at radius 1 is 1.44 bits per heavy atom. The fourth-order valence-electron chi connectivity index (χ4n) is 2.17. The Morgan fingerprint density at radius 3 is 2.75 bits per heavy atom. The summed E-state index contributed by atoms with van der Waals surface area (Å²) >= 11 is 0. The second-order valence-corrected chi connectivity index (χ2v) is 4.70. The normalized spacial score (nSPS) is 16.9. The van der Waals surface area contributed by atoms with Gasteiger partial charge >= 0.3 is 0 Å². The average molecular weight is 219 g/mol. The summed E-state index contributed by atoms with van der Waals surface area (Å²) in [5.41, 5.74) is 2.37. The Morgan fingerprint density at radius 2 is 2.19 bits per heavy atom. The third-order valence-electron chi connectivity index (χ3n) is 3.33. The van der Waals surface area contributed by atoms with Crippen molar-refractivity contribution in [1.82, 2.24) is 0 Å². The maximum Gasteiger partial charge on any atom is 0.142 e. The summed E-state index contributed by atoms with van der Waals surface area (Å²) < 4.78 is 5.41. The molecule has 1 fully saturated rings. The van der Waals surface area contributed by atoms with Gasteiger partial charge in [-0.05, 0) is 49.8 Å². The molecule has 0 aliphatic heterocycles. The van der Waals surface area contributed by atoms with E-state index in [1.165, 1.54) is 24.8 Å². The summed E-state index contributed by atoms with van der Waals surface area (Å²) in [5.74, 6) is 1.83. The lowest BCUT2D eigenvalue weighted by Crippen LogP contribution is -2.21. The summed E-state index contributed by atoms with van der Waals surface area (Å²) in [7, 11) is 1.73. The Hall–Kier alpha value is -1.18. The average Bonchev–Trinajstić information content (AvgIpc) is 3.11. The predicted octanol–water partition coefficient (Wildman–Crippen LogP) is 3.60. The largest absolute Gasteiger partial charge is 0.495 e. The summed E-state index contributed by atoms with van der Waals surface area (Å²) in [6.07, 6.45) is 3.93. The van der Waals surface area contributed by atoms with Gasteiger partial charge in [-0.2, -0.15) is 0 Å². The van der Waals surface area contributed by atoms with Gasteiger partial charge in [-0.1, -0.05) is 13.0 Å². The van der Waals surface area contributed by atoms with Crippen molar-refractivity contribution in [2.24, 2.45) is 5.92 Å². The lowest BCUT2D eigenvalue weighted by molar-refractivity contribution is 0.415.